The Morgan fingerprint density at radius 1 is 1.33 bits per heavy atom. The number of hydrogen-bond acceptors (Lipinski definition) is 2. The molecule has 0 aliphatic rings. The van der Waals surface area contributed by atoms with Crippen LogP contribution < -0.4 is 5.43 Å². The van der Waals surface area contributed by atoms with Crippen LogP contribution in [0.3, 0.4) is 0 Å². The SMILES string of the molecule is O=NNc1cc(Cl)ccc1Cl.[Na]. The molecule has 0 unspecified atom stereocenters. The van der Waals surface area contributed by atoms with Crippen LogP contribution >= 0.6 is 23.2 Å². The van der Waals surface area contributed by atoms with Gasteiger partial charge in [0, 0.05) is 34.6 Å². The Labute approximate surface area is 102 Å². The zero-order valence-corrected chi connectivity index (χ0v) is 9.86. The molecule has 0 heterocycles. The predicted octanol–water partition coefficient (Wildman–Crippen LogP) is 2.71. The fraction of sp³-hybridized carbons (Fsp3) is 0. The van der Waals surface area contributed by atoms with E-state index in [2.05, 4.69) is 10.7 Å². The van der Waals surface area contributed by atoms with E-state index in [9.17, 15) is 4.91 Å². The molecule has 0 aliphatic heterocycles. The molecule has 0 saturated carbocycles. The van der Waals surface area contributed by atoms with E-state index in [0.717, 1.165) is 0 Å². The normalized spacial score (nSPS) is 8.50. The molecular weight excluding hydrogens is 210 g/mol. The minimum Gasteiger partial charge on any atom is -0.241 e. The molecule has 1 radical (unpaired) electrons. The third-order valence-corrected chi connectivity index (χ3v) is 1.66. The van der Waals surface area contributed by atoms with Gasteiger partial charge in [-0.1, -0.05) is 23.2 Å². The first kappa shape index (κ1) is 12.2. The van der Waals surface area contributed by atoms with Crippen molar-refractivity contribution in [2.24, 2.45) is 5.29 Å². The molecular formula is C6H4Cl2N2NaO. The summed E-state index contributed by atoms with van der Waals surface area (Å²) in [5.41, 5.74) is 2.58. The molecule has 6 heteroatoms. The van der Waals surface area contributed by atoms with Crippen molar-refractivity contribution in [3.8, 4) is 0 Å². The van der Waals surface area contributed by atoms with Crippen LogP contribution in [0.4, 0.5) is 5.69 Å². The van der Waals surface area contributed by atoms with Crippen LogP contribution in [-0.2, 0) is 0 Å². The summed E-state index contributed by atoms with van der Waals surface area (Å²) in [7, 11) is 0. The van der Waals surface area contributed by atoms with Crippen molar-refractivity contribution in [2.75, 3.05) is 5.43 Å². The van der Waals surface area contributed by atoms with Gasteiger partial charge in [-0.15, -0.1) is 4.91 Å². The van der Waals surface area contributed by atoms with E-state index in [4.69, 9.17) is 23.2 Å². The van der Waals surface area contributed by atoms with Gasteiger partial charge in [-0.25, -0.2) is 5.43 Å². The second-order valence-corrected chi connectivity index (χ2v) is 2.67. The average Bonchev–Trinajstić information content (AvgIpc) is 1.98. The molecule has 0 spiro atoms. The Kier molecular flexibility index (Phi) is 5.88. The van der Waals surface area contributed by atoms with Crippen molar-refractivity contribution in [3.05, 3.63) is 33.2 Å². The molecule has 0 aromatic heterocycles. The van der Waals surface area contributed by atoms with E-state index >= 15 is 0 Å². The predicted molar refractivity (Wildman–Crippen MR) is 51.6 cm³/mol. The van der Waals surface area contributed by atoms with Gasteiger partial charge >= 0.3 is 0 Å². The van der Waals surface area contributed by atoms with Crippen molar-refractivity contribution in [3.63, 3.8) is 0 Å². The molecule has 1 rings (SSSR count). The van der Waals surface area contributed by atoms with Crippen molar-refractivity contribution in [1.82, 2.24) is 0 Å². The molecule has 0 atom stereocenters. The summed E-state index contributed by atoms with van der Waals surface area (Å²) in [5.74, 6) is 0. The zero-order chi connectivity index (χ0) is 8.27. The van der Waals surface area contributed by atoms with Crippen LogP contribution in [0.5, 0.6) is 0 Å². The monoisotopic (exact) mass is 213 g/mol. The molecule has 0 bridgehead atoms. The van der Waals surface area contributed by atoms with Gasteiger partial charge in [0.05, 0.1) is 16.0 Å². The maximum atomic E-state index is 9.77. The van der Waals surface area contributed by atoms with Crippen molar-refractivity contribution >= 4 is 58.4 Å². The number of rotatable bonds is 2. The fourth-order valence-corrected chi connectivity index (χ4v) is 0.964. The zero-order valence-electron chi connectivity index (χ0n) is 6.34. The molecule has 3 nitrogen and oxygen atoms in total. The molecule has 1 aromatic rings. The van der Waals surface area contributed by atoms with E-state index in [1.807, 2.05) is 0 Å². The summed E-state index contributed by atoms with van der Waals surface area (Å²) in [6, 6.07) is 4.72. The van der Waals surface area contributed by atoms with Crippen LogP contribution in [0, 0.1) is 4.91 Å². The van der Waals surface area contributed by atoms with Gasteiger partial charge in [-0.2, -0.15) is 0 Å². The van der Waals surface area contributed by atoms with Crippen molar-refractivity contribution in [2.45, 2.75) is 0 Å². The van der Waals surface area contributed by atoms with E-state index in [1.165, 1.54) is 6.07 Å². The summed E-state index contributed by atoms with van der Waals surface area (Å²) >= 11 is 11.3. The van der Waals surface area contributed by atoms with E-state index in [1.54, 1.807) is 12.1 Å². The minimum atomic E-state index is 0. The first-order valence-corrected chi connectivity index (χ1v) is 3.53. The molecule has 0 fully saturated rings. The van der Waals surface area contributed by atoms with Crippen LogP contribution in [0.15, 0.2) is 23.5 Å². The number of benzene rings is 1. The second-order valence-electron chi connectivity index (χ2n) is 1.83. The van der Waals surface area contributed by atoms with Gasteiger partial charge in [-0.3, -0.25) is 0 Å². The third kappa shape index (κ3) is 3.29. The van der Waals surface area contributed by atoms with E-state index in [0.29, 0.717) is 15.7 Å². The smallest absolute Gasteiger partial charge is 0.0795 e. The number of anilines is 1. The average molecular weight is 214 g/mol. The Hall–Kier alpha value is 0.200. The number of nitrogens with zero attached hydrogens (tertiary/aromatic N) is 1. The molecule has 0 saturated heterocycles. The molecule has 0 aliphatic carbocycles. The fourth-order valence-electron chi connectivity index (χ4n) is 0.632. The van der Waals surface area contributed by atoms with E-state index < -0.39 is 0 Å². The quantitative estimate of drug-likeness (QED) is 0.467. The van der Waals surface area contributed by atoms with Crippen LogP contribution in [-0.4, -0.2) is 29.6 Å². The van der Waals surface area contributed by atoms with Crippen LogP contribution in [0.25, 0.3) is 0 Å². The van der Waals surface area contributed by atoms with Crippen LogP contribution in [0.2, 0.25) is 10.0 Å². The number of halogens is 2. The Balaban J connectivity index is 0.00000121. The molecule has 59 valence electrons. The van der Waals surface area contributed by atoms with Crippen molar-refractivity contribution in [1.29, 1.82) is 0 Å². The van der Waals surface area contributed by atoms with Gasteiger partial charge in [0.15, 0.2) is 0 Å². The Bertz CT molecular complexity index is 282. The standard InChI is InChI=1S/C6H4Cl2N2O.Na/c7-4-1-2-5(8)6(3-4)9-10-11;/h1-3H,(H,9,11);. The topological polar surface area (TPSA) is 41.5 Å². The van der Waals surface area contributed by atoms with Gasteiger partial charge in [0.2, 0.25) is 0 Å². The summed E-state index contributed by atoms with van der Waals surface area (Å²) in [4.78, 5) is 9.77. The maximum absolute atomic E-state index is 9.77. The summed E-state index contributed by atoms with van der Waals surface area (Å²) in [5, 5.41) is 3.38. The molecule has 1 N–H and O–H groups in total. The van der Waals surface area contributed by atoms with Gasteiger partial charge < -0.3 is 0 Å². The first-order valence-electron chi connectivity index (χ1n) is 2.77. The van der Waals surface area contributed by atoms with Gasteiger partial charge in [-0.05, 0) is 18.2 Å². The first-order chi connectivity index (χ1) is 5.24. The number of hydrogen-bond donors (Lipinski definition) is 1. The summed E-state index contributed by atoms with van der Waals surface area (Å²) in [6.45, 7) is 0. The second kappa shape index (κ2) is 5.78. The number of nitroso groups, excluding NO2 is 1. The summed E-state index contributed by atoms with van der Waals surface area (Å²) in [6.07, 6.45) is 0. The molecule has 1 aromatic carbocycles. The van der Waals surface area contributed by atoms with Gasteiger partial charge in [0.1, 0.15) is 0 Å². The number of nitrogens with one attached hydrogen (secondary N) is 1. The van der Waals surface area contributed by atoms with E-state index in [-0.39, 0.29) is 29.6 Å². The molecule has 0 amide bonds. The van der Waals surface area contributed by atoms with Crippen LogP contribution in [0.1, 0.15) is 0 Å². The molecule has 12 heavy (non-hydrogen) atoms. The van der Waals surface area contributed by atoms with Crippen molar-refractivity contribution < 1.29 is 0 Å². The maximum Gasteiger partial charge on any atom is 0.0795 e. The van der Waals surface area contributed by atoms with Gasteiger partial charge in [0.25, 0.3) is 0 Å². The Morgan fingerprint density at radius 2 is 2.00 bits per heavy atom. The Morgan fingerprint density at radius 3 is 2.58 bits per heavy atom. The summed E-state index contributed by atoms with van der Waals surface area (Å²) < 4.78 is 0. The largest absolute Gasteiger partial charge is 0.241 e. The third-order valence-electron chi connectivity index (χ3n) is 1.09. The minimum absolute atomic E-state index is 0.